The average Bonchev–Trinajstić information content (AvgIpc) is 3.49. The number of benzene rings is 1. The number of carbonyl (C=O) groups is 2. The van der Waals surface area contributed by atoms with Crippen LogP contribution in [0.3, 0.4) is 0 Å². The fourth-order valence-corrected chi connectivity index (χ4v) is 6.75. The lowest BCUT2D eigenvalue weighted by molar-refractivity contribution is -0.133. The van der Waals surface area contributed by atoms with Gasteiger partial charge < -0.3 is 41.1 Å². The normalized spacial score (nSPS) is 26.2. The first-order valence-corrected chi connectivity index (χ1v) is 15.9. The van der Waals surface area contributed by atoms with Crippen LogP contribution in [0, 0.1) is 0 Å². The second kappa shape index (κ2) is 14.0. The summed E-state index contributed by atoms with van der Waals surface area (Å²) in [5.41, 5.74) is 8.16. The summed E-state index contributed by atoms with van der Waals surface area (Å²) < 4.78 is 6.34. The summed E-state index contributed by atoms with van der Waals surface area (Å²) in [4.78, 5) is 34.2. The van der Waals surface area contributed by atoms with Gasteiger partial charge in [-0.2, -0.15) is 0 Å². The lowest BCUT2D eigenvalue weighted by Crippen LogP contribution is -2.57. The van der Waals surface area contributed by atoms with Gasteiger partial charge in [-0.15, -0.1) is 0 Å². The molecule has 2 unspecified atom stereocenters. The Morgan fingerprint density at radius 2 is 1.69 bits per heavy atom. The minimum Gasteiger partial charge on any atom is -0.371 e. The molecule has 0 spiro atoms. The van der Waals surface area contributed by atoms with E-state index >= 15 is 0 Å². The molecule has 0 bridgehead atoms. The predicted octanol–water partition coefficient (Wildman–Crippen LogP) is 1.68. The number of anilines is 2. The van der Waals surface area contributed by atoms with Gasteiger partial charge in [-0.1, -0.05) is 13.8 Å². The number of nitrogens with two attached hydrogens (primary N) is 1. The monoisotopic (exact) mass is 582 g/mol. The van der Waals surface area contributed by atoms with Crippen molar-refractivity contribution in [3.63, 3.8) is 0 Å². The molecule has 5 N–H and O–H groups in total. The van der Waals surface area contributed by atoms with Gasteiger partial charge in [0, 0.05) is 69.7 Å². The summed E-state index contributed by atoms with van der Waals surface area (Å²) in [6.07, 6.45) is 5.19. The van der Waals surface area contributed by atoms with Crippen molar-refractivity contribution in [3.8, 4) is 0 Å². The molecule has 0 aromatic heterocycles. The minimum absolute atomic E-state index is 0.0776. The third kappa shape index (κ3) is 7.12. The van der Waals surface area contributed by atoms with Gasteiger partial charge in [0.15, 0.2) is 0 Å². The Hall–Kier alpha value is -3.02. The predicted molar refractivity (Wildman–Crippen MR) is 166 cm³/mol. The number of ether oxygens (including phenoxy) is 1. The largest absolute Gasteiger partial charge is 0.371 e. The molecule has 4 aliphatic rings. The summed E-state index contributed by atoms with van der Waals surface area (Å²) in [5.74, 6) is 0.145. The van der Waals surface area contributed by atoms with Gasteiger partial charge in [0.1, 0.15) is 17.7 Å². The lowest BCUT2D eigenvalue weighted by atomic mass is 10.0. The fraction of sp³-hybridized carbons (Fsp3) is 0.677. The maximum Gasteiger partial charge on any atom is 0.268 e. The van der Waals surface area contributed by atoms with Crippen molar-refractivity contribution in [1.82, 2.24) is 25.3 Å². The van der Waals surface area contributed by atoms with Crippen molar-refractivity contribution in [1.29, 1.82) is 0 Å². The number of nitrogens with zero attached hydrogens (tertiary/aromatic N) is 4. The number of likely N-dealkylation sites (N-methyl/N-ethyl adjacent to an activating group) is 1. The van der Waals surface area contributed by atoms with Gasteiger partial charge in [0.25, 0.3) is 5.91 Å². The summed E-state index contributed by atoms with van der Waals surface area (Å²) >= 11 is 0. The van der Waals surface area contributed by atoms with E-state index in [0.717, 1.165) is 57.7 Å². The Bertz CT molecular complexity index is 1100. The zero-order valence-corrected chi connectivity index (χ0v) is 25.6. The number of nitrogens with one attached hydrogen (secondary N) is 3. The van der Waals surface area contributed by atoms with E-state index in [2.05, 4.69) is 49.8 Å². The third-order valence-corrected chi connectivity index (χ3v) is 9.41. The van der Waals surface area contributed by atoms with Crippen LogP contribution in [0.15, 0.2) is 35.8 Å². The number of likely N-dealkylation sites (tertiary alicyclic amines) is 1. The topological polar surface area (TPSA) is 118 Å². The van der Waals surface area contributed by atoms with Crippen molar-refractivity contribution in [3.05, 3.63) is 35.8 Å². The van der Waals surface area contributed by atoms with Crippen molar-refractivity contribution >= 4 is 23.2 Å². The molecule has 0 aliphatic carbocycles. The first-order valence-electron chi connectivity index (χ1n) is 15.9. The highest BCUT2D eigenvalue weighted by molar-refractivity contribution is 5.93. The molecule has 3 atom stereocenters. The number of piperazine rings is 1. The van der Waals surface area contributed by atoms with E-state index < -0.39 is 5.91 Å². The van der Waals surface area contributed by atoms with Gasteiger partial charge in [0.2, 0.25) is 5.91 Å². The lowest BCUT2D eigenvalue weighted by Gasteiger charge is -2.42. The minimum atomic E-state index is -0.530. The highest BCUT2D eigenvalue weighted by Gasteiger charge is 2.34. The molecule has 4 heterocycles. The van der Waals surface area contributed by atoms with E-state index in [1.54, 1.807) is 0 Å². The summed E-state index contributed by atoms with van der Waals surface area (Å²) in [6.45, 7) is 12.0. The first-order chi connectivity index (χ1) is 20.4. The molecular formula is C31H50N8O3. The number of carbonyl (C=O) groups excluding carboxylic acids is 2. The number of rotatable bonds is 10. The third-order valence-electron chi connectivity index (χ3n) is 9.41. The first kappa shape index (κ1) is 30.4. The molecule has 1 aromatic carbocycles. The molecule has 11 nitrogen and oxygen atoms in total. The van der Waals surface area contributed by atoms with Crippen LogP contribution >= 0.6 is 0 Å². The van der Waals surface area contributed by atoms with Crippen molar-refractivity contribution in [2.24, 2.45) is 5.73 Å². The molecule has 42 heavy (non-hydrogen) atoms. The Balaban J connectivity index is 1.19. The molecular weight excluding hydrogens is 532 g/mol. The average molecular weight is 583 g/mol. The maximum atomic E-state index is 12.4. The van der Waals surface area contributed by atoms with Crippen LogP contribution in [0.5, 0.6) is 0 Å². The van der Waals surface area contributed by atoms with Gasteiger partial charge in [0.05, 0.1) is 18.7 Å². The molecule has 11 heteroatoms. The van der Waals surface area contributed by atoms with Crippen LogP contribution in [-0.4, -0.2) is 110 Å². The molecule has 0 saturated carbocycles. The highest BCUT2D eigenvalue weighted by Crippen LogP contribution is 2.26. The van der Waals surface area contributed by atoms with Gasteiger partial charge in [-0.25, -0.2) is 0 Å². The summed E-state index contributed by atoms with van der Waals surface area (Å²) in [5, 5.41) is 10.1. The number of primary amides is 1. The van der Waals surface area contributed by atoms with E-state index in [9.17, 15) is 9.59 Å². The number of piperidine rings is 1. The van der Waals surface area contributed by atoms with Gasteiger partial charge >= 0.3 is 0 Å². The van der Waals surface area contributed by atoms with E-state index in [0.29, 0.717) is 30.6 Å². The molecule has 232 valence electrons. The van der Waals surface area contributed by atoms with Crippen molar-refractivity contribution in [2.75, 3.05) is 69.7 Å². The number of amides is 2. The SMILES string of the molecule is CCC(=O)N1CCC[C@H]1COC1NC(Nc2ccc(N3CCC(N4CCN(C)CC4)CC3)cc2)=C(C(N)=O)NC1CC. The number of hydrogen-bond acceptors (Lipinski definition) is 9. The highest BCUT2D eigenvalue weighted by atomic mass is 16.5. The van der Waals surface area contributed by atoms with Crippen LogP contribution in [0.4, 0.5) is 11.4 Å². The zero-order chi connectivity index (χ0) is 29.6. The molecule has 4 aliphatic heterocycles. The van der Waals surface area contributed by atoms with Crippen LogP contribution < -0.4 is 26.6 Å². The molecule has 3 fully saturated rings. The second-order valence-corrected chi connectivity index (χ2v) is 12.1. The second-order valence-electron chi connectivity index (χ2n) is 12.1. The van der Waals surface area contributed by atoms with Crippen LogP contribution in [-0.2, 0) is 14.3 Å². The van der Waals surface area contributed by atoms with E-state index in [-0.39, 0.29) is 24.2 Å². The molecule has 5 rings (SSSR count). The van der Waals surface area contributed by atoms with E-state index in [4.69, 9.17) is 10.5 Å². The quantitative estimate of drug-likeness (QED) is 0.327. The fourth-order valence-electron chi connectivity index (χ4n) is 6.75. The molecule has 2 amide bonds. The van der Waals surface area contributed by atoms with Crippen molar-refractivity contribution < 1.29 is 14.3 Å². The van der Waals surface area contributed by atoms with E-state index in [1.165, 1.54) is 31.6 Å². The van der Waals surface area contributed by atoms with Crippen molar-refractivity contribution in [2.45, 2.75) is 76.7 Å². The van der Waals surface area contributed by atoms with Crippen LogP contribution in [0.25, 0.3) is 0 Å². The Labute approximate surface area is 250 Å². The van der Waals surface area contributed by atoms with E-state index in [1.807, 2.05) is 30.9 Å². The number of hydrogen-bond donors (Lipinski definition) is 4. The Morgan fingerprint density at radius 3 is 2.33 bits per heavy atom. The maximum absolute atomic E-state index is 12.4. The van der Waals surface area contributed by atoms with Crippen LogP contribution in [0.2, 0.25) is 0 Å². The molecule has 0 radical (unpaired) electrons. The van der Waals surface area contributed by atoms with Gasteiger partial charge in [-0.3, -0.25) is 14.5 Å². The zero-order valence-electron chi connectivity index (χ0n) is 25.6. The summed E-state index contributed by atoms with van der Waals surface area (Å²) in [7, 11) is 2.21. The Kier molecular flexibility index (Phi) is 10.1. The Morgan fingerprint density at radius 1 is 0.976 bits per heavy atom. The summed E-state index contributed by atoms with van der Waals surface area (Å²) in [6, 6.07) is 9.00. The van der Waals surface area contributed by atoms with Gasteiger partial charge in [-0.05, 0) is 63.4 Å². The van der Waals surface area contributed by atoms with Crippen LogP contribution in [0.1, 0.15) is 52.4 Å². The molecule has 3 saturated heterocycles. The standard InChI is InChI=1S/C31H50N8O3/c1-4-26-31(42-21-25-7-6-14-39(25)27(40)5-2)35-30(28(34-26)29(32)41)33-22-8-10-23(11-9-22)37-15-12-24(13-16-37)38-19-17-36(3)18-20-38/h8-11,24-26,31,33-35H,4-7,12-21H2,1-3H3,(H2,32,41)/t25-,26?,31?/m0/s1. The smallest absolute Gasteiger partial charge is 0.268 e. The molecule has 1 aromatic rings.